The fraction of sp³-hybridized carbons (Fsp3) is 0.182. The number of hydrogen-bond acceptors (Lipinski definition) is 3. The van der Waals surface area contributed by atoms with E-state index in [1.165, 1.54) is 34.8 Å². The third kappa shape index (κ3) is 7.99. The molecule has 0 heterocycles. The van der Waals surface area contributed by atoms with Gasteiger partial charge in [0.15, 0.2) is 0 Å². The van der Waals surface area contributed by atoms with Crippen LogP contribution in [0.15, 0.2) is 89.8 Å². The molecule has 3 aromatic carbocycles. The summed E-state index contributed by atoms with van der Waals surface area (Å²) >= 11 is 0. The molecular weight excluding hydrogens is 376 g/mol. The second-order valence-corrected chi connectivity index (χ2v) is 9.83. The van der Waals surface area contributed by atoms with Crippen LogP contribution in [0.4, 0.5) is 0 Å². The zero-order valence-electron chi connectivity index (χ0n) is 15.5. The van der Waals surface area contributed by atoms with E-state index < -0.39 is 10.1 Å². The summed E-state index contributed by atoms with van der Waals surface area (Å²) in [7, 11) is -3.84. The molecule has 0 amide bonds. The lowest BCUT2D eigenvalue weighted by Gasteiger charge is -2.05. The van der Waals surface area contributed by atoms with Crippen LogP contribution in [0, 0.1) is 6.92 Å². The lowest BCUT2D eigenvalue weighted by molar-refractivity contribution is 0.463. The van der Waals surface area contributed by atoms with E-state index in [2.05, 4.69) is 66.9 Å². The highest BCUT2D eigenvalue weighted by Crippen LogP contribution is 2.12. The van der Waals surface area contributed by atoms with Crippen molar-refractivity contribution in [2.24, 2.45) is 0 Å². The molecule has 0 spiro atoms. The molecule has 0 aliphatic heterocycles. The molecule has 0 aliphatic rings. The van der Waals surface area contributed by atoms with Gasteiger partial charge in [0, 0.05) is 11.1 Å². The van der Waals surface area contributed by atoms with Crippen LogP contribution in [0.2, 0.25) is 0 Å². The van der Waals surface area contributed by atoms with Crippen molar-refractivity contribution in [3.05, 3.63) is 102 Å². The van der Waals surface area contributed by atoms with Gasteiger partial charge in [-0.2, -0.15) is 0 Å². The summed E-state index contributed by atoms with van der Waals surface area (Å²) in [6.45, 7) is 1.82. The summed E-state index contributed by atoms with van der Waals surface area (Å²) in [6, 6.07) is 27.3. The summed E-state index contributed by atoms with van der Waals surface area (Å²) in [5, 5.41) is 0. The lowest BCUT2D eigenvalue weighted by Crippen LogP contribution is -2.06. The molecular formula is C22H24O3S2. The van der Waals surface area contributed by atoms with Crippen molar-refractivity contribution in [2.45, 2.75) is 23.3 Å². The number of benzene rings is 3. The Balaban J connectivity index is 0.000000208. The van der Waals surface area contributed by atoms with E-state index in [0.717, 1.165) is 5.56 Å². The van der Waals surface area contributed by atoms with Crippen LogP contribution >= 0.6 is 0 Å². The average molecular weight is 401 g/mol. The molecule has 0 atom stereocenters. The zero-order chi connectivity index (χ0) is 19.7. The fourth-order valence-electron chi connectivity index (χ4n) is 2.47. The SMILES string of the molecule is C[S+](Cc1ccccc1)Cc1ccccc1.Cc1ccc(S(=O)(=O)[O-])cc1. The van der Waals surface area contributed by atoms with Gasteiger partial charge in [0.25, 0.3) is 0 Å². The molecule has 27 heavy (non-hydrogen) atoms. The zero-order valence-corrected chi connectivity index (χ0v) is 17.2. The van der Waals surface area contributed by atoms with Gasteiger partial charge in [-0.05, 0) is 30.0 Å². The van der Waals surface area contributed by atoms with Crippen molar-refractivity contribution >= 4 is 21.0 Å². The maximum atomic E-state index is 10.4. The van der Waals surface area contributed by atoms with E-state index >= 15 is 0 Å². The van der Waals surface area contributed by atoms with Gasteiger partial charge < -0.3 is 4.55 Å². The minimum absolute atomic E-state index is 0.178. The Kier molecular flexibility index (Phi) is 8.10. The molecule has 3 nitrogen and oxygen atoms in total. The van der Waals surface area contributed by atoms with Crippen LogP contribution in [0.5, 0.6) is 0 Å². The lowest BCUT2D eigenvalue weighted by atomic mass is 10.2. The first-order valence-corrected chi connectivity index (χ1v) is 11.9. The molecule has 0 saturated carbocycles. The predicted octanol–water partition coefficient (Wildman–Crippen LogP) is 4.53. The van der Waals surface area contributed by atoms with Crippen LogP contribution in [0.3, 0.4) is 0 Å². The standard InChI is InChI=1S/C15H17S.C7H8O3S/c1-16(12-14-8-4-2-5-9-14)13-15-10-6-3-7-11-15;1-6-2-4-7(5-3-6)11(8,9)10/h2-11H,12-13H2,1H3;2-5H,1H3,(H,8,9,10)/q+1;/p-1. The van der Waals surface area contributed by atoms with E-state index in [0.29, 0.717) is 10.9 Å². The smallest absolute Gasteiger partial charge is 0.133 e. The predicted molar refractivity (Wildman–Crippen MR) is 113 cm³/mol. The maximum Gasteiger partial charge on any atom is 0.133 e. The van der Waals surface area contributed by atoms with Crippen LogP contribution in [0.25, 0.3) is 0 Å². The molecule has 0 N–H and O–H groups in total. The van der Waals surface area contributed by atoms with Gasteiger partial charge in [0.1, 0.15) is 21.6 Å². The number of hydrogen-bond donors (Lipinski definition) is 0. The molecule has 0 aromatic heterocycles. The van der Waals surface area contributed by atoms with E-state index in [-0.39, 0.29) is 4.90 Å². The van der Waals surface area contributed by atoms with E-state index in [1.807, 2.05) is 6.92 Å². The summed E-state index contributed by atoms with van der Waals surface area (Å²) in [4.78, 5) is -0.178. The third-order valence-corrected chi connectivity index (χ3v) is 6.32. The number of rotatable bonds is 5. The Labute approximate surface area is 165 Å². The molecule has 0 radical (unpaired) electrons. The number of aryl methyl sites for hydroxylation is 1. The van der Waals surface area contributed by atoms with Crippen LogP contribution in [-0.4, -0.2) is 19.2 Å². The molecule has 3 aromatic rings. The molecule has 0 fully saturated rings. The molecule has 3 rings (SSSR count). The summed E-state index contributed by atoms with van der Waals surface area (Å²) in [5.41, 5.74) is 3.82. The van der Waals surface area contributed by atoms with Crippen molar-refractivity contribution in [2.75, 3.05) is 6.26 Å². The average Bonchev–Trinajstić information content (AvgIpc) is 2.63. The molecule has 0 saturated heterocycles. The fourth-order valence-corrected chi connectivity index (χ4v) is 4.57. The van der Waals surface area contributed by atoms with Gasteiger partial charge in [-0.15, -0.1) is 0 Å². The summed E-state index contributed by atoms with van der Waals surface area (Å²) in [5.74, 6) is 2.38. The third-order valence-electron chi connectivity index (χ3n) is 3.82. The van der Waals surface area contributed by atoms with Crippen molar-refractivity contribution in [1.82, 2.24) is 0 Å². The molecule has 142 valence electrons. The maximum absolute atomic E-state index is 10.4. The molecule has 0 bridgehead atoms. The van der Waals surface area contributed by atoms with Gasteiger partial charge in [0.2, 0.25) is 0 Å². The van der Waals surface area contributed by atoms with Gasteiger partial charge in [0.05, 0.1) is 11.2 Å². The second-order valence-electron chi connectivity index (χ2n) is 6.31. The minimum Gasteiger partial charge on any atom is -0.744 e. The van der Waals surface area contributed by atoms with Gasteiger partial charge in [-0.25, -0.2) is 8.42 Å². The first-order valence-electron chi connectivity index (χ1n) is 8.54. The van der Waals surface area contributed by atoms with E-state index in [9.17, 15) is 13.0 Å². The van der Waals surface area contributed by atoms with Crippen molar-refractivity contribution in [1.29, 1.82) is 0 Å². The Morgan fingerprint density at radius 1 is 0.741 bits per heavy atom. The van der Waals surface area contributed by atoms with Gasteiger partial charge >= 0.3 is 0 Å². The van der Waals surface area contributed by atoms with Gasteiger partial charge in [-0.1, -0.05) is 78.4 Å². The van der Waals surface area contributed by atoms with Crippen LogP contribution < -0.4 is 0 Å². The van der Waals surface area contributed by atoms with Gasteiger partial charge in [-0.3, -0.25) is 0 Å². The first kappa shape index (κ1) is 21.2. The topological polar surface area (TPSA) is 57.2 Å². The quantitative estimate of drug-likeness (QED) is 0.467. The summed E-state index contributed by atoms with van der Waals surface area (Å²) < 4.78 is 31.2. The Bertz CT molecular complexity index is 865. The first-order chi connectivity index (χ1) is 12.8. The second kappa shape index (κ2) is 10.3. The molecule has 0 aliphatic carbocycles. The Morgan fingerprint density at radius 3 is 1.52 bits per heavy atom. The van der Waals surface area contributed by atoms with E-state index in [1.54, 1.807) is 12.1 Å². The highest BCUT2D eigenvalue weighted by molar-refractivity contribution is 7.94. The van der Waals surface area contributed by atoms with Crippen molar-refractivity contribution in [3.8, 4) is 0 Å². The largest absolute Gasteiger partial charge is 0.744 e. The minimum atomic E-state index is -4.27. The molecule has 5 heteroatoms. The van der Waals surface area contributed by atoms with Crippen LogP contribution in [0.1, 0.15) is 16.7 Å². The Hall–Kier alpha value is -2.08. The Morgan fingerprint density at radius 2 is 1.15 bits per heavy atom. The van der Waals surface area contributed by atoms with E-state index in [4.69, 9.17) is 0 Å². The highest BCUT2D eigenvalue weighted by Gasteiger charge is 2.12. The van der Waals surface area contributed by atoms with Crippen molar-refractivity contribution in [3.63, 3.8) is 0 Å². The summed E-state index contributed by atoms with van der Waals surface area (Å²) in [6.07, 6.45) is 2.35. The normalized spacial score (nSPS) is 11.0. The van der Waals surface area contributed by atoms with Crippen molar-refractivity contribution < 1.29 is 13.0 Å². The highest BCUT2D eigenvalue weighted by atomic mass is 32.2. The monoisotopic (exact) mass is 400 g/mol. The molecule has 0 unspecified atom stereocenters. The van der Waals surface area contributed by atoms with Crippen LogP contribution in [-0.2, 0) is 32.5 Å².